The standard InChI is InChI=1S/C21H18FN5O2/c1-26(2)21(28)24-20-19-17(27(25-20)15-10-8-14(22)9-11-15)6-3-7-18(19)29-16-5-4-12-23-13-16/h3-13H,1-2H3,(H,24,25,28). The van der Waals surface area contributed by atoms with Crippen LogP contribution in [0, 0.1) is 5.82 Å². The van der Waals surface area contributed by atoms with E-state index in [1.54, 1.807) is 61.5 Å². The van der Waals surface area contributed by atoms with E-state index >= 15 is 0 Å². The van der Waals surface area contributed by atoms with E-state index in [0.29, 0.717) is 33.9 Å². The molecule has 0 saturated carbocycles. The van der Waals surface area contributed by atoms with Crippen molar-refractivity contribution < 1.29 is 13.9 Å². The van der Waals surface area contributed by atoms with Gasteiger partial charge < -0.3 is 9.64 Å². The molecule has 0 atom stereocenters. The van der Waals surface area contributed by atoms with Gasteiger partial charge in [0.15, 0.2) is 5.82 Å². The van der Waals surface area contributed by atoms with Crippen molar-refractivity contribution in [2.45, 2.75) is 0 Å². The SMILES string of the molecule is CN(C)C(=O)Nc1nn(-c2ccc(F)cc2)c2cccc(Oc3cccnc3)c12. The first-order valence-corrected chi connectivity index (χ1v) is 8.87. The van der Waals surface area contributed by atoms with Crippen molar-refractivity contribution in [1.82, 2.24) is 19.7 Å². The van der Waals surface area contributed by atoms with Gasteiger partial charge in [-0.25, -0.2) is 13.9 Å². The number of nitrogens with one attached hydrogen (secondary N) is 1. The lowest BCUT2D eigenvalue weighted by atomic mass is 10.2. The number of nitrogens with zero attached hydrogens (tertiary/aromatic N) is 4. The van der Waals surface area contributed by atoms with Crippen LogP contribution < -0.4 is 10.1 Å². The molecule has 0 fully saturated rings. The molecule has 0 aliphatic carbocycles. The summed E-state index contributed by atoms with van der Waals surface area (Å²) in [6.07, 6.45) is 3.25. The Hall–Kier alpha value is -3.94. The Balaban J connectivity index is 1.88. The molecule has 4 rings (SSSR count). The summed E-state index contributed by atoms with van der Waals surface area (Å²) in [5.74, 6) is 1.06. The second kappa shape index (κ2) is 7.59. The highest BCUT2D eigenvalue weighted by Gasteiger charge is 2.19. The number of urea groups is 1. The first-order valence-electron chi connectivity index (χ1n) is 8.87. The largest absolute Gasteiger partial charge is 0.455 e. The summed E-state index contributed by atoms with van der Waals surface area (Å²) in [5, 5.41) is 7.97. The van der Waals surface area contributed by atoms with Crippen molar-refractivity contribution in [3.63, 3.8) is 0 Å². The predicted molar refractivity (Wildman–Crippen MR) is 108 cm³/mol. The van der Waals surface area contributed by atoms with Crippen LogP contribution in [0.3, 0.4) is 0 Å². The molecular weight excluding hydrogens is 373 g/mol. The second-order valence-corrected chi connectivity index (χ2v) is 6.50. The third-order valence-corrected chi connectivity index (χ3v) is 4.23. The number of fused-ring (bicyclic) bond motifs is 1. The van der Waals surface area contributed by atoms with Crippen molar-refractivity contribution in [2.75, 3.05) is 19.4 Å². The molecule has 4 aromatic rings. The highest BCUT2D eigenvalue weighted by molar-refractivity contribution is 6.02. The highest BCUT2D eigenvalue weighted by atomic mass is 19.1. The molecule has 0 bridgehead atoms. The van der Waals surface area contributed by atoms with Gasteiger partial charge in [-0.3, -0.25) is 10.3 Å². The number of anilines is 1. The fraction of sp³-hybridized carbons (Fsp3) is 0.0952. The number of ether oxygens (including phenoxy) is 1. The normalized spacial score (nSPS) is 10.7. The minimum atomic E-state index is -0.341. The van der Waals surface area contributed by atoms with E-state index in [0.717, 1.165) is 0 Å². The van der Waals surface area contributed by atoms with Gasteiger partial charge in [0.25, 0.3) is 0 Å². The van der Waals surface area contributed by atoms with Gasteiger partial charge in [-0.15, -0.1) is 5.10 Å². The van der Waals surface area contributed by atoms with Crippen LogP contribution in [0.5, 0.6) is 11.5 Å². The maximum atomic E-state index is 13.4. The van der Waals surface area contributed by atoms with Gasteiger partial charge in [0.05, 0.1) is 22.8 Å². The summed E-state index contributed by atoms with van der Waals surface area (Å²) in [6, 6.07) is 14.7. The number of hydrogen-bond donors (Lipinski definition) is 1. The molecule has 7 nitrogen and oxygen atoms in total. The molecule has 0 aliphatic rings. The van der Waals surface area contributed by atoms with Crippen LogP contribution in [0.4, 0.5) is 15.0 Å². The average molecular weight is 391 g/mol. The summed E-state index contributed by atoms with van der Waals surface area (Å²) < 4.78 is 21.0. The molecule has 1 N–H and O–H groups in total. The summed E-state index contributed by atoms with van der Waals surface area (Å²) in [4.78, 5) is 17.7. The first kappa shape index (κ1) is 18.4. The summed E-state index contributed by atoms with van der Waals surface area (Å²) in [5.41, 5.74) is 1.35. The third kappa shape index (κ3) is 3.73. The number of carbonyl (C=O) groups excluding carboxylic acids is 1. The van der Waals surface area contributed by atoms with E-state index in [4.69, 9.17) is 4.74 Å². The first-order chi connectivity index (χ1) is 14.0. The number of aromatic nitrogens is 3. The number of rotatable bonds is 4. The van der Waals surface area contributed by atoms with E-state index in [-0.39, 0.29) is 11.8 Å². The Morgan fingerprint density at radius 1 is 1.10 bits per heavy atom. The van der Waals surface area contributed by atoms with Gasteiger partial charge in [0.1, 0.15) is 17.3 Å². The Morgan fingerprint density at radius 2 is 1.90 bits per heavy atom. The van der Waals surface area contributed by atoms with Crippen molar-refractivity contribution in [3.8, 4) is 17.2 Å². The molecule has 2 aromatic heterocycles. The maximum absolute atomic E-state index is 13.4. The van der Waals surface area contributed by atoms with Crippen LogP contribution in [-0.2, 0) is 0 Å². The van der Waals surface area contributed by atoms with E-state index in [9.17, 15) is 9.18 Å². The Kier molecular flexibility index (Phi) is 4.82. The Morgan fingerprint density at radius 3 is 2.59 bits per heavy atom. The van der Waals surface area contributed by atoms with Crippen molar-refractivity contribution in [2.24, 2.45) is 0 Å². The lowest BCUT2D eigenvalue weighted by Gasteiger charge is -2.11. The average Bonchev–Trinajstić information content (AvgIpc) is 3.09. The fourth-order valence-corrected chi connectivity index (χ4v) is 2.84. The molecule has 0 radical (unpaired) electrons. The summed E-state index contributed by atoms with van der Waals surface area (Å²) in [6.45, 7) is 0. The van der Waals surface area contributed by atoms with Gasteiger partial charge in [-0.05, 0) is 48.5 Å². The molecule has 0 spiro atoms. The summed E-state index contributed by atoms with van der Waals surface area (Å²) >= 11 is 0. The zero-order valence-corrected chi connectivity index (χ0v) is 15.8. The van der Waals surface area contributed by atoms with E-state index in [2.05, 4.69) is 15.4 Å². The van der Waals surface area contributed by atoms with Crippen LogP contribution in [0.15, 0.2) is 67.0 Å². The van der Waals surface area contributed by atoms with Crippen molar-refractivity contribution >= 4 is 22.8 Å². The van der Waals surface area contributed by atoms with Gasteiger partial charge in [0, 0.05) is 20.3 Å². The van der Waals surface area contributed by atoms with Gasteiger partial charge in [-0.2, -0.15) is 0 Å². The Labute approximate surface area is 166 Å². The third-order valence-electron chi connectivity index (χ3n) is 4.23. The molecule has 2 aromatic carbocycles. The number of halogens is 1. The van der Waals surface area contributed by atoms with Crippen LogP contribution in [0.25, 0.3) is 16.6 Å². The van der Waals surface area contributed by atoms with Gasteiger partial charge >= 0.3 is 6.03 Å². The zero-order chi connectivity index (χ0) is 20.4. The fourth-order valence-electron chi connectivity index (χ4n) is 2.84. The second-order valence-electron chi connectivity index (χ2n) is 6.50. The molecule has 146 valence electrons. The summed E-state index contributed by atoms with van der Waals surface area (Å²) in [7, 11) is 3.28. The van der Waals surface area contributed by atoms with Crippen molar-refractivity contribution in [1.29, 1.82) is 0 Å². The monoisotopic (exact) mass is 391 g/mol. The maximum Gasteiger partial charge on any atom is 0.322 e. The predicted octanol–water partition coefficient (Wildman–Crippen LogP) is 4.45. The molecule has 2 heterocycles. The highest BCUT2D eigenvalue weighted by Crippen LogP contribution is 2.36. The van der Waals surface area contributed by atoms with E-state index in [1.165, 1.54) is 17.0 Å². The van der Waals surface area contributed by atoms with Crippen LogP contribution in [-0.4, -0.2) is 39.8 Å². The van der Waals surface area contributed by atoms with E-state index < -0.39 is 0 Å². The number of benzene rings is 2. The van der Waals surface area contributed by atoms with Gasteiger partial charge in [0.2, 0.25) is 0 Å². The number of hydrogen-bond acceptors (Lipinski definition) is 4. The zero-order valence-electron chi connectivity index (χ0n) is 15.8. The molecule has 0 aliphatic heterocycles. The van der Waals surface area contributed by atoms with Crippen molar-refractivity contribution in [3.05, 3.63) is 72.8 Å². The molecule has 8 heteroatoms. The van der Waals surface area contributed by atoms with Crippen LogP contribution in [0.2, 0.25) is 0 Å². The molecular formula is C21H18FN5O2. The minimum absolute atomic E-state index is 0.327. The van der Waals surface area contributed by atoms with Crippen LogP contribution in [0.1, 0.15) is 0 Å². The number of carbonyl (C=O) groups is 1. The quantitative estimate of drug-likeness (QED) is 0.558. The molecule has 0 unspecified atom stereocenters. The molecule has 29 heavy (non-hydrogen) atoms. The Bertz CT molecular complexity index is 1160. The molecule has 0 saturated heterocycles. The topological polar surface area (TPSA) is 72.3 Å². The smallest absolute Gasteiger partial charge is 0.322 e. The number of amides is 2. The lowest BCUT2D eigenvalue weighted by Crippen LogP contribution is -2.27. The number of pyridine rings is 1. The van der Waals surface area contributed by atoms with E-state index in [1.807, 2.05) is 12.1 Å². The van der Waals surface area contributed by atoms with Gasteiger partial charge in [-0.1, -0.05) is 6.07 Å². The lowest BCUT2D eigenvalue weighted by molar-refractivity contribution is 0.230. The van der Waals surface area contributed by atoms with Crippen LogP contribution >= 0.6 is 0 Å². The minimum Gasteiger partial charge on any atom is -0.455 e. The molecule has 2 amide bonds.